The molecule has 0 aromatic rings. The van der Waals surface area contributed by atoms with Gasteiger partial charge in [-0.25, -0.2) is 0 Å². The van der Waals surface area contributed by atoms with E-state index in [9.17, 15) is 4.79 Å². The second kappa shape index (κ2) is 14.4. The molecule has 0 atom stereocenters. The van der Waals surface area contributed by atoms with E-state index in [1.165, 1.54) is 0 Å². The van der Waals surface area contributed by atoms with Crippen LogP contribution in [0.15, 0.2) is 0 Å². The number of hydrogen-bond acceptors (Lipinski definition) is 2. The van der Waals surface area contributed by atoms with Crippen LogP contribution in [-0.2, 0) is 4.79 Å². The van der Waals surface area contributed by atoms with Gasteiger partial charge in [-0.3, -0.25) is 4.79 Å². The molecule has 0 aromatic heterocycles. The SMILES string of the molecule is O=C(Cl)CO.[Br][Al]([Br])[Br].[Na]. The first kappa shape index (κ1) is 18.6. The Labute approximate surface area is 112 Å². The zero-order chi connectivity index (χ0) is 7.86. The fraction of sp³-hybridized carbons (Fsp3) is 0.500. The van der Waals surface area contributed by atoms with Crippen molar-refractivity contribution < 1.29 is 9.90 Å². The monoisotopic (exact) mass is 381 g/mol. The molecule has 0 bridgehead atoms. The van der Waals surface area contributed by atoms with Gasteiger partial charge < -0.3 is 5.11 Å². The summed E-state index contributed by atoms with van der Waals surface area (Å²) in [5, 5.41) is 6.94. The molecule has 0 aliphatic rings. The van der Waals surface area contributed by atoms with Gasteiger partial charge in [-0.05, 0) is 11.6 Å². The van der Waals surface area contributed by atoms with Crippen molar-refractivity contribution >= 4 is 97.2 Å². The number of hydrogen-bond donors (Lipinski definition) is 1. The maximum absolute atomic E-state index is 9.33. The van der Waals surface area contributed by atoms with Crippen LogP contribution >= 0.6 is 53.8 Å². The van der Waals surface area contributed by atoms with E-state index in [1.807, 2.05) is 0 Å². The maximum atomic E-state index is 9.33. The fourth-order valence-corrected chi connectivity index (χ4v) is 0. The van der Waals surface area contributed by atoms with Crippen molar-refractivity contribution in [2.75, 3.05) is 6.61 Å². The Morgan fingerprint density at radius 1 is 1.50 bits per heavy atom. The van der Waals surface area contributed by atoms with E-state index >= 15 is 0 Å². The summed E-state index contributed by atoms with van der Waals surface area (Å²) in [5.41, 5.74) is 0. The molecular weight excluding hydrogens is 381 g/mol. The molecule has 0 fully saturated rings. The summed E-state index contributed by atoms with van der Waals surface area (Å²) in [5.74, 6) is 0. The Balaban J connectivity index is -0.0000000910. The molecule has 8 heteroatoms. The van der Waals surface area contributed by atoms with Crippen LogP contribution in [0.5, 0.6) is 0 Å². The van der Waals surface area contributed by atoms with E-state index in [-0.39, 0.29) is 29.6 Å². The van der Waals surface area contributed by atoms with Crippen LogP contribution in [0, 0.1) is 0 Å². The Bertz CT molecular complexity index is 82.1. The molecule has 0 aliphatic heterocycles. The van der Waals surface area contributed by atoms with Gasteiger partial charge in [0.1, 0.15) is 6.61 Å². The minimum atomic E-state index is -0.718. The average molecular weight is 384 g/mol. The molecular formula is C2H3AlBr3ClNaO2. The van der Waals surface area contributed by atoms with Crippen LogP contribution in [0.2, 0.25) is 0 Å². The van der Waals surface area contributed by atoms with Crippen LogP contribution in [0.3, 0.4) is 0 Å². The number of rotatable bonds is 1. The van der Waals surface area contributed by atoms with Crippen LogP contribution in [0.25, 0.3) is 0 Å². The first-order chi connectivity index (χ1) is 4.00. The van der Waals surface area contributed by atoms with E-state index in [1.54, 1.807) is 0 Å². The average Bonchev–Trinajstić information content (AvgIpc) is 1.65. The minimum absolute atomic E-state index is 0. The van der Waals surface area contributed by atoms with E-state index < -0.39 is 20.5 Å². The first-order valence-corrected chi connectivity index (χ1v) is 11.6. The number of carbonyl (C=O) groups is 1. The normalized spacial score (nSPS) is 6.50. The van der Waals surface area contributed by atoms with Crippen LogP contribution in [0.4, 0.5) is 0 Å². The molecule has 0 aliphatic carbocycles. The Morgan fingerprint density at radius 3 is 1.60 bits per heavy atom. The molecule has 0 amide bonds. The third-order valence-corrected chi connectivity index (χ3v) is 0.244. The standard InChI is InChI=1S/C2H3ClO2.Al.3BrH.Na/c3-2(5)1-4;;;;;/h4H,1H2;;3*1H;/q;+3;;;;/p-3. The van der Waals surface area contributed by atoms with Gasteiger partial charge in [-0.2, -0.15) is 42.2 Å². The number of carbonyl (C=O) groups excluding carboxylic acids is 1. The van der Waals surface area contributed by atoms with Crippen molar-refractivity contribution in [3.8, 4) is 0 Å². The molecule has 0 saturated carbocycles. The van der Waals surface area contributed by atoms with Crippen molar-refractivity contribution in [3.05, 3.63) is 0 Å². The first-order valence-electron chi connectivity index (χ1n) is 1.72. The molecule has 0 unspecified atom stereocenters. The van der Waals surface area contributed by atoms with Gasteiger partial charge in [0.15, 0.2) is 0 Å². The Kier molecular flexibility index (Phi) is 26.9. The number of aliphatic hydroxyl groups is 1. The third-order valence-electron chi connectivity index (χ3n) is 0.124. The van der Waals surface area contributed by atoms with Crippen molar-refractivity contribution in [1.82, 2.24) is 0 Å². The quantitative estimate of drug-likeness (QED) is 0.550. The minimum Gasteiger partial charge on any atom is -0.387 e. The van der Waals surface area contributed by atoms with Gasteiger partial charge in [0, 0.05) is 29.6 Å². The molecule has 0 heterocycles. The summed E-state index contributed by atoms with van der Waals surface area (Å²) in [6.07, 6.45) is 0. The summed E-state index contributed by atoms with van der Waals surface area (Å²) in [4.78, 5) is 9.33. The van der Waals surface area contributed by atoms with Gasteiger partial charge in [0.25, 0.3) is 0 Å². The molecule has 55 valence electrons. The van der Waals surface area contributed by atoms with Gasteiger partial charge in [-0.1, -0.05) is 0 Å². The van der Waals surface area contributed by atoms with E-state index in [0.717, 1.165) is 0 Å². The van der Waals surface area contributed by atoms with Crippen molar-refractivity contribution in [2.45, 2.75) is 0 Å². The van der Waals surface area contributed by atoms with Gasteiger partial charge in [-0.15, -0.1) is 0 Å². The van der Waals surface area contributed by atoms with Crippen LogP contribution in [-0.4, -0.2) is 55.2 Å². The summed E-state index contributed by atoms with van der Waals surface area (Å²) >= 11 is 14.3. The zero-order valence-corrected chi connectivity index (χ0v) is 13.8. The fourth-order valence-electron chi connectivity index (χ4n) is 0. The third kappa shape index (κ3) is 44.5. The smallest absolute Gasteiger partial charge is 0.387 e. The molecule has 2 nitrogen and oxygen atoms in total. The molecule has 0 spiro atoms. The van der Waals surface area contributed by atoms with Crippen LogP contribution < -0.4 is 0 Å². The second-order valence-corrected chi connectivity index (χ2v) is 21.0. The summed E-state index contributed by atoms with van der Waals surface area (Å²) < 4.78 is 0. The predicted octanol–water partition coefficient (Wildman–Crippen LogP) is 1.52. The summed E-state index contributed by atoms with van der Waals surface area (Å²) in [6.45, 7) is -0.568. The van der Waals surface area contributed by atoms with Gasteiger partial charge >= 0.3 is 8.67 Å². The maximum Gasteiger partial charge on any atom is 0.542 e. The van der Waals surface area contributed by atoms with E-state index in [2.05, 4.69) is 53.8 Å². The molecule has 1 radical (unpaired) electrons. The molecule has 0 aromatic carbocycles. The second-order valence-electron chi connectivity index (χ2n) is 0.761. The topological polar surface area (TPSA) is 37.3 Å². The summed E-state index contributed by atoms with van der Waals surface area (Å²) in [6, 6.07) is 0. The summed E-state index contributed by atoms with van der Waals surface area (Å²) in [7, 11) is -0.701. The van der Waals surface area contributed by atoms with Crippen molar-refractivity contribution in [2.24, 2.45) is 0 Å². The van der Waals surface area contributed by atoms with E-state index in [4.69, 9.17) is 5.11 Å². The number of halogens is 4. The zero-order valence-electron chi connectivity index (χ0n) is 5.15. The Hall–Kier alpha value is 2.89. The molecule has 10 heavy (non-hydrogen) atoms. The predicted molar refractivity (Wildman–Crippen MR) is 56.2 cm³/mol. The number of aliphatic hydroxyl groups excluding tert-OH is 1. The van der Waals surface area contributed by atoms with Gasteiger partial charge in [0.05, 0.1) is 0 Å². The van der Waals surface area contributed by atoms with Gasteiger partial charge in [0.2, 0.25) is 5.24 Å². The molecule has 0 saturated heterocycles. The molecule has 1 N–H and O–H groups in total. The largest absolute Gasteiger partial charge is 0.542 e. The van der Waals surface area contributed by atoms with E-state index in [0.29, 0.717) is 0 Å². The van der Waals surface area contributed by atoms with Crippen LogP contribution in [0.1, 0.15) is 0 Å². The van der Waals surface area contributed by atoms with Crippen molar-refractivity contribution in [1.29, 1.82) is 0 Å². The molecule has 0 rings (SSSR count). The Morgan fingerprint density at radius 2 is 1.60 bits per heavy atom. The van der Waals surface area contributed by atoms with Crippen molar-refractivity contribution in [3.63, 3.8) is 0 Å².